The predicted octanol–water partition coefficient (Wildman–Crippen LogP) is 3.03. The number of carbonyl (C=O) groups is 1. The Bertz CT molecular complexity index is 1050. The molecule has 0 aliphatic heterocycles. The van der Waals surface area contributed by atoms with E-state index in [1.54, 1.807) is 18.2 Å². The van der Waals surface area contributed by atoms with Crippen molar-refractivity contribution in [3.8, 4) is 11.5 Å². The molecule has 0 radical (unpaired) electrons. The smallest absolute Gasteiger partial charge is 0.336 e. The van der Waals surface area contributed by atoms with Crippen molar-refractivity contribution in [2.24, 2.45) is 5.10 Å². The Morgan fingerprint density at radius 2 is 1.86 bits per heavy atom. The molecular weight excluding hydrogens is 360 g/mol. The number of ether oxygens (including phenoxy) is 2. The van der Waals surface area contributed by atoms with Crippen LogP contribution in [0.25, 0.3) is 11.0 Å². The molecule has 0 fully saturated rings. The summed E-state index contributed by atoms with van der Waals surface area (Å²) in [5.41, 5.74) is 4.03. The molecule has 0 unspecified atom stereocenters. The molecule has 7 nitrogen and oxygen atoms in total. The van der Waals surface area contributed by atoms with Gasteiger partial charge in [-0.05, 0) is 61.4 Å². The van der Waals surface area contributed by atoms with Crippen LogP contribution in [0.4, 0.5) is 0 Å². The Labute approximate surface area is 161 Å². The standard InChI is InChI=1S/C21H20N2O5/c1-3-26-16-6-4-15(5-7-16)12-22-23-20(24)13-27-17-8-9-18-14(2)10-21(25)28-19(18)11-17/h4-12H,3,13H2,1-2H3,(H,23,24)/b22-12-. The summed E-state index contributed by atoms with van der Waals surface area (Å²) < 4.78 is 16.0. The third-order valence-electron chi connectivity index (χ3n) is 3.89. The lowest BCUT2D eigenvalue weighted by Crippen LogP contribution is -2.24. The van der Waals surface area contributed by atoms with Crippen LogP contribution in [0.2, 0.25) is 0 Å². The van der Waals surface area contributed by atoms with E-state index in [4.69, 9.17) is 13.9 Å². The van der Waals surface area contributed by atoms with Gasteiger partial charge in [-0.1, -0.05) is 0 Å². The molecular formula is C21H20N2O5. The van der Waals surface area contributed by atoms with Gasteiger partial charge in [0.15, 0.2) is 6.61 Å². The third kappa shape index (κ3) is 4.97. The molecule has 1 heterocycles. The molecule has 0 aliphatic rings. The van der Waals surface area contributed by atoms with Crippen molar-refractivity contribution in [3.05, 3.63) is 70.1 Å². The van der Waals surface area contributed by atoms with Crippen molar-refractivity contribution in [1.29, 1.82) is 0 Å². The predicted molar refractivity (Wildman–Crippen MR) is 106 cm³/mol. The topological polar surface area (TPSA) is 90.1 Å². The summed E-state index contributed by atoms with van der Waals surface area (Å²) in [6.07, 6.45) is 1.53. The van der Waals surface area contributed by atoms with E-state index in [9.17, 15) is 9.59 Å². The number of fused-ring (bicyclic) bond motifs is 1. The molecule has 0 saturated carbocycles. The average molecular weight is 380 g/mol. The van der Waals surface area contributed by atoms with Gasteiger partial charge in [-0.25, -0.2) is 10.2 Å². The minimum absolute atomic E-state index is 0.220. The van der Waals surface area contributed by atoms with Crippen LogP contribution in [-0.4, -0.2) is 25.3 Å². The zero-order valence-corrected chi connectivity index (χ0v) is 15.6. The van der Waals surface area contributed by atoms with Gasteiger partial charge < -0.3 is 13.9 Å². The Hall–Kier alpha value is -3.61. The number of nitrogens with zero attached hydrogens (tertiary/aromatic N) is 1. The Morgan fingerprint density at radius 1 is 1.11 bits per heavy atom. The molecule has 1 amide bonds. The van der Waals surface area contributed by atoms with E-state index in [1.807, 2.05) is 38.1 Å². The highest BCUT2D eigenvalue weighted by Gasteiger charge is 2.06. The van der Waals surface area contributed by atoms with Gasteiger partial charge in [-0.15, -0.1) is 0 Å². The van der Waals surface area contributed by atoms with Crippen molar-refractivity contribution < 1.29 is 18.7 Å². The van der Waals surface area contributed by atoms with Gasteiger partial charge in [0.25, 0.3) is 5.91 Å². The number of rotatable bonds is 7. The Kier molecular flexibility index (Phi) is 6.06. The van der Waals surface area contributed by atoms with E-state index < -0.39 is 11.5 Å². The van der Waals surface area contributed by atoms with Crippen molar-refractivity contribution in [2.45, 2.75) is 13.8 Å². The fraction of sp³-hybridized carbons (Fsp3) is 0.190. The van der Waals surface area contributed by atoms with Crippen LogP contribution < -0.4 is 20.5 Å². The van der Waals surface area contributed by atoms with Crippen LogP contribution in [0.1, 0.15) is 18.1 Å². The first kappa shape index (κ1) is 19.2. The first-order chi connectivity index (χ1) is 13.5. The van der Waals surface area contributed by atoms with Crippen LogP contribution >= 0.6 is 0 Å². The second-order valence-electron chi connectivity index (χ2n) is 5.99. The molecule has 2 aromatic carbocycles. The van der Waals surface area contributed by atoms with E-state index in [2.05, 4.69) is 10.5 Å². The Morgan fingerprint density at radius 3 is 2.61 bits per heavy atom. The van der Waals surface area contributed by atoms with Gasteiger partial charge in [0.1, 0.15) is 17.1 Å². The normalized spacial score (nSPS) is 10.9. The molecule has 7 heteroatoms. The first-order valence-corrected chi connectivity index (χ1v) is 8.77. The van der Waals surface area contributed by atoms with Gasteiger partial charge in [-0.2, -0.15) is 5.10 Å². The van der Waals surface area contributed by atoms with Gasteiger partial charge >= 0.3 is 5.63 Å². The van der Waals surface area contributed by atoms with Crippen molar-refractivity contribution in [1.82, 2.24) is 5.43 Å². The number of hydrazone groups is 1. The molecule has 3 rings (SSSR count). The molecule has 0 atom stereocenters. The molecule has 0 bridgehead atoms. The second-order valence-corrected chi connectivity index (χ2v) is 5.99. The van der Waals surface area contributed by atoms with E-state index >= 15 is 0 Å². The fourth-order valence-corrected chi connectivity index (χ4v) is 2.57. The monoisotopic (exact) mass is 380 g/mol. The zero-order chi connectivity index (χ0) is 19.9. The van der Waals surface area contributed by atoms with E-state index in [0.717, 1.165) is 22.3 Å². The van der Waals surface area contributed by atoms with E-state index in [-0.39, 0.29) is 6.61 Å². The lowest BCUT2D eigenvalue weighted by molar-refractivity contribution is -0.123. The van der Waals surface area contributed by atoms with Crippen molar-refractivity contribution in [2.75, 3.05) is 13.2 Å². The van der Waals surface area contributed by atoms with Crippen LogP contribution in [0.15, 0.2) is 62.8 Å². The minimum atomic E-state index is -0.427. The molecule has 0 spiro atoms. The first-order valence-electron chi connectivity index (χ1n) is 8.77. The molecule has 0 saturated heterocycles. The van der Waals surface area contributed by atoms with Crippen LogP contribution in [0, 0.1) is 6.92 Å². The number of benzene rings is 2. The number of carbonyl (C=O) groups excluding carboxylic acids is 1. The van der Waals surface area contributed by atoms with E-state index in [1.165, 1.54) is 12.3 Å². The summed E-state index contributed by atoms with van der Waals surface area (Å²) in [4.78, 5) is 23.3. The van der Waals surface area contributed by atoms with E-state index in [0.29, 0.717) is 17.9 Å². The SMILES string of the molecule is CCOc1ccc(/C=N\NC(=O)COc2ccc3c(C)cc(=O)oc3c2)cc1. The molecule has 3 aromatic rings. The molecule has 28 heavy (non-hydrogen) atoms. The second kappa shape index (κ2) is 8.85. The lowest BCUT2D eigenvalue weighted by atomic mass is 10.1. The maximum Gasteiger partial charge on any atom is 0.336 e. The van der Waals surface area contributed by atoms with Crippen LogP contribution in [0.5, 0.6) is 11.5 Å². The highest BCUT2D eigenvalue weighted by atomic mass is 16.5. The minimum Gasteiger partial charge on any atom is -0.494 e. The molecule has 144 valence electrons. The quantitative estimate of drug-likeness (QED) is 0.387. The van der Waals surface area contributed by atoms with Gasteiger partial charge in [0.05, 0.1) is 12.8 Å². The van der Waals surface area contributed by atoms with Gasteiger partial charge in [0, 0.05) is 17.5 Å². The lowest BCUT2D eigenvalue weighted by Gasteiger charge is -2.06. The maximum absolute atomic E-state index is 11.9. The number of hydrogen-bond acceptors (Lipinski definition) is 6. The zero-order valence-electron chi connectivity index (χ0n) is 15.6. The van der Waals surface area contributed by atoms with Gasteiger partial charge in [-0.3, -0.25) is 4.79 Å². The summed E-state index contributed by atoms with van der Waals surface area (Å²) in [5, 5.41) is 4.71. The third-order valence-corrected chi connectivity index (χ3v) is 3.89. The summed E-state index contributed by atoms with van der Waals surface area (Å²) in [6.45, 7) is 4.13. The maximum atomic E-state index is 11.9. The summed E-state index contributed by atoms with van der Waals surface area (Å²) in [7, 11) is 0. The number of aryl methyl sites for hydroxylation is 1. The summed E-state index contributed by atoms with van der Waals surface area (Å²) in [5.74, 6) is 0.790. The largest absolute Gasteiger partial charge is 0.494 e. The number of nitrogens with one attached hydrogen (secondary N) is 1. The number of hydrogen-bond donors (Lipinski definition) is 1. The fourth-order valence-electron chi connectivity index (χ4n) is 2.57. The van der Waals surface area contributed by atoms with Gasteiger partial charge in [0.2, 0.25) is 0 Å². The highest BCUT2D eigenvalue weighted by molar-refractivity contribution is 5.83. The van der Waals surface area contributed by atoms with Crippen molar-refractivity contribution in [3.63, 3.8) is 0 Å². The average Bonchev–Trinajstić information content (AvgIpc) is 2.67. The van der Waals surface area contributed by atoms with Crippen LogP contribution in [-0.2, 0) is 4.79 Å². The molecule has 1 N–H and O–H groups in total. The Balaban J connectivity index is 1.54. The highest BCUT2D eigenvalue weighted by Crippen LogP contribution is 2.22. The summed E-state index contributed by atoms with van der Waals surface area (Å²) in [6, 6.07) is 13.8. The molecule has 1 aromatic heterocycles. The van der Waals surface area contributed by atoms with Crippen molar-refractivity contribution >= 4 is 23.1 Å². The number of amides is 1. The van der Waals surface area contributed by atoms with Crippen LogP contribution in [0.3, 0.4) is 0 Å². The summed E-state index contributed by atoms with van der Waals surface area (Å²) >= 11 is 0. The molecule has 0 aliphatic carbocycles.